The molecule has 0 fully saturated rings. The molecule has 0 saturated heterocycles. The van der Waals surface area contributed by atoms with Gasteiger partial charge in [0.2, 0.25) is 5.12 Å². The van der Waals surface area contributed by atoms with E-state index in [1.165, 1.54) is 4.68 Å². The second-order valence-electron chi connectivity index (χ2n) is 6.29. The Morgan fingerprint density at radius 2 is 2.12 bits per heavy atom. The molecule has 1 atom stereocenters. The number of thioether (sulfide) groups is 1. The molecule has 1 aliphatic heterocycles. The fourth-order valence-electron chi connectivity index (χ4n) is 3.30. The van der Waals surface area contributed by atoms with Crippen LogP contribution in [0, 0.1) is 20.8 Å². The van der Waals surface area contributed by atoms with Crippen LogP contribution in [0.25, 0.3) is 0 Å². The first-order valence-electron chi connectivity index (χ1n) is 8.12. The van der Waals surface area contributed by atoms with Crippen LogP contribution in [0.3, 0.4) is 0 Å². The van der Waals surface area contributed by atoms with Crippen molar-refractivity contribution in [1.82, 2.24) is 9.78 Å². The molecule has 1 N–H and O–H groups in total. The zero-order chi connectivity index (χ0) is 18.3. The Kier molecular flexibility index (Phi) is 4.79. The van der Waals surface area contributed by atoms with Gasteiger partial charge in [0.25, 0.3) is 5.56 Å². The first-order valence-corrected chi connectivity index (χ1v) is 8.94. The molecule has 1 aromatic carbocycles. The number of nitrogens with one attached hydrogen (secondary N) is 1. The molecule has 0 aliphatic carbocycles. The lowest BCUT2D eigenvalue weighted by Crippen LogP contribution is -2.19. The number of carbonyl (C=O) groups excluding carboxylic acids is 1. The number of fused-ring (bicyclic) bond motifs is 1. The minimum atomic E-state index is -0.305. The van der Waals surface area contributed by atoms with Gasteiger partial charge in [-0.1, -0.05) is 0 Å². The third-order valence-corrected chi connectivity index (χ3v) is 5.63. The van der Waals surface area contributed by atoms with Crippen molar-refractivity contribution in [2.45, 2.75) is 38.2 Å². The van der Waals surface area contributed by atoms with Gasteiger partial charge in [0.1, 0.15) is 11.3 Å². The van der Waals surface area contributed by atoms with Gasteiger partial charge in [0, 0.05) is 36.7 Å². The van der Waals surface area contributed by atoms with Crippen LogP contribution < -0.4 is 10.3 Å². The van der Waals surface area contributed by atoms with Gasteiger partial charge in [-0.2, -0.15) is 0 Å². The lowest BCUT2D eigenvalue weighted by molar-refractivity contribution is 0.0624. The predicted octanol–water partition coefficient (Wildman–Crippen LogP) is 3.04. The molecule has 134 valence electrons. The van der Waals surface area contributed by atoms with E-state index in [4.69, 9.17) is 9.47 Å². The van der Waals surface area contributed by atoms with E-state index in [2.05, 4.69) is 5.10 Å². The Morgan fingerprint density at radius 1 is 1.40 bits per heavy atom. The average molecular weight is 362 g/mol. The predicted molar refractivity (Wildman–Crippen MR) is 96.7 cm³/mol. The van der Waals surface area contributed by atoms with Crippen LogP contribution in [-0.2, 0) is 11.8 Å². The van der Waals surface area contributed by atoms with Crippen LogP contribution in [-0.4, -0.2) is 28.6 Å². The number of carbonyl (C=O) groups is 1. The van der Waals surface area contributed by atoms with Crippen LogP contribution in [0.5, 0.6) is 5.75 Å². The van der Waals surface area contributed by atoms with Gasteiger partial charge in [0.05, 0.1) is 12.7 Å². The Labute approximate surface area is 150 Å². The maximum atomic E-state index is 12.7. The van der Waals surface area contributed by atoms with Crippen molar-refractivity contribution in [1.29, 1.82) is 0 Å². The highest BCUT2D eigenvalue weighted by atomic mass is 32.2. The van der Waals surface area contributed by atoms with Crippen molar-refractivity contribution < 1.29 is 14.3 Å². The van der Waals surface area contributed by atoms with Gasteiger partial charge >= 0.3 is 0 Å². The number of benzene rings is 1. The second-order valence-corrected chi connectivity index (χ2v) is 7.30. The quantitative estimate of drug-likeness (QED) is 0.850. The van der Waals surface area contributed by atoms with Crippen molar-refractivity contribution in [3.63, 3.8) is 0 Å². The molecule has 2 heterocycles. The SMILES string of the molecule is COC1CCOc2c(C)cc(SC(=O)c3c(C)[nH]n(C)c3=O)c(C)c21. The first kappa shape index (κ1) is 17.8. The van der Waals surface area contributed by atoms with E-state index in [-0.39, 0.29) is 22.3 Å². The number of H-pyrrole nitrogens is 1. The zero-order valence-electron chi connectivity index (χ0n) is 15.1. The largest absolute Gasteiger partial charge is 0.493 e. The summed E-state index contributed by atoms with van der Waals surface area (Å²) in [5.74, 6) is 0.848. The Balaban J connectivity index is 2.03. The van der Waals surface area contributed by atoms with Gasteiger partial charge in [-0.05, 0) is 49.7 Å². The average Bonchev–Trinajstić information content (AvgIpc) is 2.83. The minimum absolute atomic E-state index is 0.0417. The molecule has 0 spiro atoms. The Hall–Kier alpha value is -1.99. The Morgan fingerprint density at radius 3 is 2.72 bits per heavy atom. The summed E-state index contributed by atoms with van der Waals surface area (Å²) in [6, 6.07) is 1.95. The lowest BCUT2D eigenvalue weighted by atomic mass is 9.95. The Bertz CT molecular complexity index is 897. The maximum Gasteiger partial charge on any atom is 0.278 e. The van der Waals surface area contributed by atoms with Gasteiger partial charge < -0.3 is 9.47 Å². The fourth-order valence-corrected chi connectivity index (χ4v) is 4.34. The van der Waals surface area contributed by atoms with Crippen molar-refractivity contribution in [3.8, 4) is 5.75 Å². The van der Waals surface area contributed by atoms with Gasteiger partial charge in [-0.15, -0.1) is 0 Å². The fraction of sp³-hybridized carbons (Fsp3) is 0.444. The molecule has 0 saturated carbocycles. The number of ether oxygens (including phenoxy) is 2. The number of aromatic nitrogens is 2. The molecule has 0 amide bonds. The zero-order valence-corrected chi connectivity index (χ0v) is 15.9. The topological polar surface area (TPSA) is 73.3 Å². The number of rotatable bonds is 3. The van der Waals surface area contributed by atoms with E-state index < -0.39 is 0 Å². The highest BCUT2D eigenvalue weighted by molar-refractivity contribution is 8.14. The molecule has 0 bridgehead atoms. The first-order chi connectivity index (χ1) is 11.8. The maximum absolute atomic E-state index is 12.7. The van der Waals surface area contributed by atoms with Crippen molar-refractivity contribution in [3.05, 3.63) is 44.4 Å². The number of methoxy groups -OCH3 is 1. The molecule has 1 aromatic heterocycles. The highest BCUT2D eigenvalue weighted by Crippen LogP contribution is 2.43. The van der Waals surface area contributed by atoms with Crippen molar-refractivity contribution in [2.24, 2.45) is 7.05 Å². The standard InChI is InChI=1S/C18H22N2O4S/c1-9-8-13(10(2)14-12(23-5)6-7-24-16(9)14)25-18(22)15-11(3)19-20(4)17(15)21/h8,12,19H,6-7H2,1-5H3. The lowest BCUT2D eigenvalue weighted by Gasteiger charge is -2.29. The molecule has 6 nitrogen and oxygen atoms in total. The summed E-state index contributed by atoms with van der Waals surface area (Å²) in [5, 5.41) is 2.61. The molecular weight excluding hydrogens is 340 g/mol. The molecule has 0 radical (unpaired) electrons. The van der Waals surface area contributed by atoms with Crippen LogP contribution in [0.15, 0.2) is 15.8 Å². The summed E-state index contributed by atoms with van der Waals surface area (Å²) in [6.45, 7) is 6.28. The molecule has 3 rings (SSSR count). The molecule has 7 heteroatoms. The van der Waals surface area contributed by atoms with Crippen molar-refractivity contribution in [2.75, 3.05) is 13.7 Å². The summed E-state index contributed by atoms with van der Waals surface area (Å²) in [5.41, 5.74) is 3.41. The number of aryl methyl sites for hydroxylation is 3. The monoisotopic (exact) mass is 362 g/mol. The van der Waals surface area contributed by atoms with Crippen LogP contribution in [0.4, 0.5) is 0 Å². The number of nitrogens with zero attached hydrogens (tertiary/aromatic N) is 1. The third-order valence-electron chi connectivity index (χ3n) is 4.59. The molecule has 2 aromatic rings. The van der Waals surface area contributed by atoms with Gasteiger partial charge in [0.15, 0.2) is 0 Å². The van der Waals surface area contributed by atoms with E-state index in [0.29, 0.717) is 12.3 Å². The normalized spacial score (nSPS) is 16.4. The van der Waals surface area contributed by atoms with Crippen molar-refractivity contribution >= 4 is 16.9 Å². The molecule has 1 aliphatic rings. The van der Waals surface area contributed by atoms with Gasteiger partial charge in [-0.3, -0.25) is 19.4 Å². The van der Waals surface area contributed by atoms with E-state index in [1.807, 2.05) is 19.9 Å². The summed E-state index contributed by atoms with van der Waals surface area (Å²) in [4.78, 5) is 25.7. The molecule has 1 unspecified atom stereocenters. The summed E-state index contributed by atoms with van der Waals surface area (Å²) in [6.07, 6.45) is 0.739. The minimum Gasteiger partial charge on any atom is -0.493 e. The summed E-state index contributed by atoms with van der Waals surface area (Å²) >= 11 is 1.08. The summed E-state index contributed by atoms with van der Waals surface area (Å²) < 4.78 is 12.8. The molecule has 25 heavy (non-hydrogen) atoms. The third kappa shape index (κ3) is 3.02. The number of hydrogen-bond acceptors (Lipinski definition) is 5. The summed E-state index contributed by atoms with van der Waals surface area (Å²) in [7, 11) is 3.29. The van der Waals surface area contributed by atoms with E-state index in [1.54, 1.807) is 21.1 Å². The number of hydrogen-bond donors (Lipinski definition) is 1. The van der Waals surface area contributed by atoms with Crippen LogP contribution in [0.1, 0.15) is 45.3 Å². The molecular formula is C18H22N2O4S. The van der Waals surface area contributed by atoms with E-state index in [9.17, 15) is 9.59 Å². The van der Waals surface area contributed by atoms with E-state index >= 15 is 0 Å². The van der Waals surface area contributed by atoms with E-state index in [0.717, 1.165) is 45.5 Å². The smallest absolute Gasteiger partial charge is 0.278 e. The second kappa shape index (κ2) is 6.72. The highest BCUT2D eigenvalue weighted by Gasteiger charge is 2.28. The van der Waals surface area contributed by atoms with Crippen LogP contribution >= 0.6 is 11.8 Å². The van der Waals surface area contributed by atoms with Gasteiger partial charge in [-0.25, -0.2) is 0 Å². The van der Waals surface area contributed by atoms with Crippen LogP contribution in [0.2, 0.25) is 0 Å². The number of aromatic amines is 1.